The number of nitrogens with one attached hydrogen (secondary N) is 1. The molecule has 0 saturated carbocycles. The summed E-state index contributed by atoms with van der Waals surface area (Å²) >= 11 is 5.74. The van der Waals surface area contributed by atoms with E-state index in [1.54, 1.807) is 19.2 Å². The Morgan fingerprint density at radius 3 is 3.00 bits per heavy atom. The van der Waals surface area contributed by atoms with Crippen molar-refractivity contribution >= 4 is 28.5 Å². The summed E-state index contributed by atoms with van der Waals surface area (Å²) in [5.74, 6) is 0. The van der Waals surface area contributed by atoms with E-state index in [0.717, 1.165) is 0 Å². The van der Waals surface area contributed by atoms with E-state index in [-0.39, 0.29) is 6.01 Å². The van der Waals surface area contributed by atoms with Gasteiger partial charge < -0.3 is 9.73 Å². The van der Waals surface area contributed by atoms with Crippen LogP contribution in [0.3, 0.4) is 0 Å². The number of rotatable bonds is 1. The third kappa shape index (κ3) is 1.44. The second-order valence-corrected chi connectivity index (χ2v) is 3.15. The normalized spacial score (nSPS) is 10.4. The Hall–Kier alpha value is -1.55. The van der Waals surface area contributed by atoms with Gasteiger partial charge in [0.15, 0.2) is 0 Å². The van der Waals surface area contributed by atoms with Crippen LogP contribution in [0.25, 0.3) is 10.9 Å². The SMILES string of the molecule is CNc1nc2ccc(Cl)cc2c(=O)o1. The summed E-state index contributed by atoms with van der Waals surface area (Å²) in [5, 5.41) is 3.54. The molecule has 0 aliphatic rings. The highest BCUT2D eigenvalue weighted by Gasteiger charge is 2.04. The van der Waals surface area contributed by atoms with Crippen molar-refractivity contribution in [3.8, 4) is 0 Å². The second kappa shape index (κ2) is 3.31. The first-order chi connectivity index (χ1) is 6.70. The fourth-order valence-electron chi connectivity index (χ4n) is 1.15. The lowest BCUT2D eigenvalue weighted by atomic mass is 10.2. The molecule has 2 rings (SSSR count). The first kappa shape index (κ1) is 9.02. The Bertz CT molecular complexity index is 536. The lowest BCUT2D eigenvalue weighted by Crippen LogP contribution is -2.04. The number of aromatic nitrogens is 1. The number of anilines is 1. The molecule has 1 aromatic heterocycles. The van der Waals surface area contributed by atoms with Gasteiger partial charge in [-0.25, -0.2) is 4.79 Å². The fraction of sp³-hybridized carbons (Fsp3) is 0.111. The number of hydrogen-bond donors (Lipinski definition) is 1. The van der Waals surface area contributed by atoms with Gasteiger partial charge in [-0.15, -0.1) is 0 Å². The second-order valence-electron chi connectivity index (χ2n) is 2.72. The molecule has 0 saturated heterocycles. The molecule has 0 fully saturated rings. The van der Waals surface area contributed by atoms with Crippen molar-refractivity contribution in [2.45, 2.75) is 0 Å². The van der Waals surface area contributed by atoms with Crippen LogP contribution in [0.1, 0.15) is 0 Å². The molecule has 0 radical (unpaired) electrons. The molecule has 0 amide bonds. The Morgan fingerprint density at radius 1 is 1.50 bits per heavy atom. The summed E-state index contributed by atoms with van der Waals surface area (Å²) in [7, 11) is 1.63. The molecule has 14 heavy (non-hydrogen) atoms. The van der Waals surface area contributed by atoms with E-state index < -0.39 is 5.63 Å². The van der Waals surface area contributed by atoms with Crippen LogP contribution in [0.5, 0.6) is 0 Å². The molecule has 1 aromatic carbocycles. The van der Waals surface area contributed by atoms with Crippen LogP contribution in [-0.2, 0) is 0 Å². The molecule has 0 unspecified atom stereocenters. The molecule has 4 nitrogen and oxygen atoms in total. The Kier molecular flexibility index (Phi) is 2.13. The number of hydrogen-bond acceptors (Lipinski definition) is 4. The third-order valence-electron chi connectivity index (χ3n) is 1.80. The summed E-state index contributed by atoms with van der Waals surface area (Å²) in [6.45, 7) is 0. The molecular weight excluding hydrogens is 204 g/mol. The lowest BCUT2D eigenvalue weighted by molar-refractivity contribution is 0.520. The molecule has 0 bridgehead atoms. The van der Waals surface area contributed by atoms with Gasteiger partial charge in [-0.2, -0.15) is 4.98 Å². The molecule has 0 aliphatic heterocycles. The van der Waals surface area contributed by atoms with Crippen molar-refractivity contribution in [2.75, 3.05) is 12.4 Å². The first-order valence-electron chi connectivity index (χ1n) is 3.99. The number of fused-ring (bicyclic) bond motifs is 1. The van der Waals surface area contributed by atoms with Crippen molar-refractivity contribution in [1.29, 1.82) is 0 Å². The van der Waals surface area contributed by atoms with Crippen molar-refractivity contribution in [1.82, 2.24) is 4.98 Å². The maximum absolute atomic E-state index is 11.4. The van der Waals surface area contributed by atoms with Gasteiger partial charge in [0.2, 0.25) is 0 Å². The van der Waals surface area contributed by atoms with Gasteiger partial charge in [0.25, 0.3) is 6.01 Å². The van der Waals surface area contributed by atoms with Crippen LogP contribution in [0.15, 0.2) is 27.4 Å². The minimum Gasteiger partial charge on any atom is -0.389 e. The smallest absolute Gasteiger partial charge is 0.348 e. The molecule has 0 aliphatic carbocycles. The van der Waals surface area contributed by atoms with E-state index >= 15 is 0 Å². The van der Waals surface area contributed by atoms with Gasteiger partial charge in [-0.1, -0.05) is 11.6 Å². The highest BCUT2D eigenvalue weighted by Crippen LogP contribution is 2.15. The van der Waals surface area contributed by atoms with E-state index in [1.807, 2.05) is 0 Å². The Balaban J connectivity index is 2.83. The standard InChI is InChI=1S/C9H7ClN2O2/c1-11-9-12-7-3-2-5(10)4-6(7)8(13)14-9/h2-4H,1H3,(H,11,12). The predicted octanol–water partition coefficient (Wildman–Crippen LogP) is 1.88. The summed E-state index contributed by atoms with van der Waals surface area (Å²) in [5.41, 5.74) is 0.122. The maximum Gasteiger partial charge on any atom is 0.348 e. The molecule has 1 N–H and O–H groups in total. The number of benzene rings is 1. The van der Waals surface area contributed by atoms with Crippen LogP contribution in [0, 0.1) is 0 Å². The highest BCUT2D eigenvalue weighted by molar-refractivity contribution is 6.31. The third-order valence-corrected chi connectivity index (χ3v) is 2.04. The monoisotopic (exact) mass is 210 g/mol. The molecule has 1 heterocycles. The van der Waals surface area contributed by atoms with Crippen molar-refractivity contribution in [3.63, 3.8) is 0 Å². The average molecular weight is 211 g/mol. The zero-order valence-corrected chi connectivity index (χ0v) is 8.13. The van der Waals surface area contributed by atoms with Crippen LogP contribution in [-0.4, -0.2) is 12.0 Å². The van der Waals surface area contributed by atoms with Crippen LogP contribution < -0.4 is 10.9 Å². The molecular formula is C9H7ClN2O2. The minimum absolute atomic E-state index is 0.199. The van der Waals surface area contributed by atoms with Gasteiger partial charge in [0.05, 0.1) is 10.9 Å². The largest absolute Gasteiger partial charge is 0.389 e. The van der Waals surface area contributed by atoms with Crippen LogP contribution in [0.2, 0.25) is 5.02 Å². The summed E-state index contributed by atoms with van der Waals surface area (Å²) in [6, 6.07) is 5.09. The van der Waals surface area contributed by atoms with Gasteiger partial charge in [-0.3, -0.25) is 0 Å². The van der Waals surface area contributed by atoms with E-state index in [9.17, 15) is 4.79 Å². The quantitative estimate of drug-likeness (QED) is 0.781. The number of nitrogens with zero attached hydrogens (tertiary/aromatic N) is 1. The van der Waals surface area contributed by atoms with Gasteiger partial charge >= 0.3 is 5.63 Å². The molecule has 0 atom stereocenters. The van der Waals surface area contributed by atoms with Gasteiger partial charge in [0.1, 0.15) is 0 Å². The van der Waals surface area contributed by atoms with E-state index in [0.29, 0.717) is 15.9 Å². The highest BCUT2D eigenvalue weighted by atomic mass is 35.5. The zero-order valence-electron chi connectivity index (χ0n) is 7.37. The fourth-order valence-corrected chi connectivity index (χ4v) is 1.32. The Labute approximate surface area is 84.5 Å². The van der Waals surface area contributed by atoms with Crippen molar-refractivity contribution in [2.24, 2.45) is 0 Å². The van der Waals surface area contributed by atoms with Gasteiger partial charge in [-0.05, 0) is 18.2 Å². The average Bonchev–Trinajstić information content (AvgIpc) is 2.19. The number of halogens is 1. The maximum atomic E-state index is 11.4. The van der Waals surface area contributed by atoms with Crippen LogP contribution in [0.4, 0.5) is 6.01 Å². The lowest BCUT2D eigenvalue weighted by Gasteiger charge is -1.99. The van der Waals surface area contributed by atoms with E-state index in [4.69, 9.17) is 16.0 Å². The molecule has 5 heteroatoms. The van der Waals surface area contributed by atoms with E-state index in [1.165, 1.54) is 6.07 Å². The predicted molar refractivity (Wildman–Crippen MR) is 54.8 cm³/mol. The topological polar surface area (TPSA) is 55.1 Å². The summed E-state index contributed by atoms with van der Waals surface area (Å²) in [6.07, 6.45) is 0. The van der Waals surface area contributed by atoms with Gasteiger partial charge in [0, 0.05) is 12.1 Å². The summed E-state index contributed by atoms with van der Waals surface area (Å²) in [4.78, 5) is 15.5. The van der Waals surface area contributed by atoms with Crippen LogP contribution >= 0.6 is 11.6 Å². The zero-order chi connectivity index (χ0) is 10.1. The van der Waals surface area contributed by atoms with Crippen molar-refractivity contribution in [3.05, 3.63) is 33.6 Å². The molecule has 72 valence electrons. The summed E-state index contributed by atoms with van der Waals surface area (Å²) < 4.78 is 4.86. The van der Waals surface area contributed by atoms with Crippen molar-refractivity contribution < 1.29 is 4.42 Å². The minimum atomic E-state index is -0.443. The van der Waals surface area contributed by atoms with E-state index in [2.05, 4.69) is 10.3 Å². The molecule has 2 aromatic rings. The Morgan fingerprint density at radius 2 is 2.29 bits per heavy atom. The first-order valence-corrected chi connectivity index (χ1v) is 4.36. The molecule has 0 spiro atoms.